The number of hydrogen-bond donors (Lipinski definition) is 1. The van der Waals surface area contributed by atoms with Crippen LogP contribution in [0.25, 0.3) is 21.3 Å². The van der Waals surface area contributed by atoms with Crippen LogP contribution in [-0.2, 0) is 11.3 Å². The van der Waals surface area contributed by atoms with E-state index in [4.69, 9.17) is 0 Å². The first kappa shape index (κ1) is 17.4. The van der Waals surface area contributed by atoms with Gasteiger partial charge in [0, 0.05) is 10.9 Å². The van der Waals surface area contributed by atoms with Gasteiger partial charge in [-0.3, -0.25) is 14.2 Å². The number of hydrogen-bond acceptors (Lipinski definition) is 5. The molecule has 0 aliphatic heterocycles. The fourth-order valence-electron chi connectivity index (χ4n) is 3.28. The molecule has 0 saturated heterocycles. The second-order valence-electron chi connectivity index (χ2n) is 7.01. The van der Waals surface area contributed by atoms with E-state index in [9.17, 15) is 14.9 Å². The zero-order chi connectivity index (χ0) is 19.0. The highest BCUT2D eigenvalue weighted by Gasteiger charge is 2.43. The van der Waals surface area contributed by atoms with Crippen LogP contribution in [0.1, 0.15) is 19.8 Å². The first-order valence-electron chi connectivity index (χ1n) is 8.76. The summed E-state index contributed by atoms with van der Waals surface area (Å²) in [6.07, 6.45) is 3.27. The van der Waals surface area contributed by atoms with Crippen molar-refractivity contribution in [2.45, 2.75) is 31.8 Å². The lowest BCUT2D eigenvalue weighted by molar-refractivity contribution is -0.123. The molecular formula is C20H18N4O2S. The van der Waals surface area contributed by atoms with Gasteiger partial charge < -0.3 is 5.32 Å². The number of nitrogens with zero attached hydrogens (tertiary/aromatic N) is 3. The molecule has 4 rings (SSSR count). The molecule has 7 heteroatoms. The number of aromatic nitrogens is 2. The van der Waals surface area contributed by atoms with E-state index in [1.807, 2.05) is 35.7 Å². The van der Waals surface area contributed by atoms with Crippen LogP contribution in [0, 0.1) is 17.2 Å². The minimum absolute atomic E-state index is 0.157. The van der Waals surface area contributed by atoms with Gasteiger partial charge in [0.2, 0.25) is 5.91 Å². The minimum atomic E-state index is -0.879. The van der Waals surface area contributed by atoms with Crippen LogP contribution in [0.15, 0.2) is 46.8 Å². The van der Waals surface area contributed by atoms with Gasteiger partial charge >= 0.3 is 0 Å². The van der Waals surface area contributed by atoms with E-state index < -0.39 is 5.54 Å². The topological polar surface area (TPSA) is 87.8 Å². The Balaban J connectivity index is 1.65. The number of nitrogens with one attached hydrogen (secondary N) is 1. The first-order valence-corrected chi connectivity index (χ1v) is 9.64. The quantitative estimate of drug-likeness (QED) is 0.739. The number of rotatable bonds is 5. The molecule has 1 aliphatic rings. The van der Waals surface area contributed by atoms with Gasteiger partial charge in [-0.1, -0.05) is 30.3 Å². The smallest absolute Gasteiger partial charge is 0.263 e. The molecule has 1 atom stereocenters. The molecule has 2 heterocycles. The SMILES string of the molecule is C[C@](C#N)(NC(=O)Cn1cnc2scc(-c3ccccc3)c2c1=O)C1CC1. The van der Waals surface area contributed by atoms with E-state index in [1.165, 1.54) is 22.2 Å². The Morgan fingerprint density at radius 3 is 2.81 bits per heavy atom. The predicted octanol–water partition coefficient (Wildman–Crippen LogP) is 2.93. The van der Waals surface area contributed by atoms with E-state index in [-0.39, 0.29) is 23.9 Å². The largest absolute Gasteiger partial charge is 0.336 e. The lowest BCUT2D eigenvalue weighted by atomic mass is 9.98. The second-order valence-corrected chi connectivity index (χ2v) is 7.87. The highest BCUT2D eigenvalue weighted by molar-refractivity contribution is 7.17. The molecule has 6 nitrogen and oxygen atoms in total. The maximum atomic E-state index is 13.0. The number of carbonyl (C=O) groups excluding carboxylic acids is 1. The van der Waals surface area contributed by atoms with Crippen molar-refractivity contribution in [3.8, 4) is 17.2 Å². The molecule has 0 spiro atoms. The number of benzene rings is 1. The molecule has 136 valence electrons. The third-order valence-corrected chi connectivity index (χ3v) is 5.87. The number of fused-ring (bicyclic) bond motifs is 1. The zero-order valence-electron chi connectivity index (χ0n) is 14.8. The third kappa shape index (κ3) is 3.24. The van der Waals surface area contributed by atoms with Gasteiger partial charge in [-0.15, -0.1) is 11.3 Å². The summed E-state index contributed by atoms with van der Waals surface area (Å²) in [5.41, 5.74) is 0.633. The predicted molar refractivity (Wildman–Crippen MR) is 104 cm³/mol. The number of carbonyl (C=O) groups is 1. The lowest BCUT2D eigenvalue weighted by Crippen LogP contribution is -2.48. The van der Waals surface area contributed by atoms with Crippen molar-refractivity contribution >= 4 is 27.5 Å². The van der Waals surface area contributed by atoms with Crippen LogP contribution in [0.5, 0.6) is 0 Å². The van der Waals surface area contributed by atoms with Crippen molar-refractivity contribution < 1.29 is 4.79 Å². The normalized spacial score (nSPS) is 15.9. The molecule has 0 bridgehead atoms. The maximum absolute atomic E-state index is 13.0. The molecule has 1 saturated carbocycles. The Morgan fingerprint density at radius 2 is 2.15 bits per heavy atom. The Morgan fingerprint density at radius 1 is 1.41 bits per heavy atom. The molecule has 0 unspecified atom stereocenters. The molecule has 1 aromatic carbocycles. The summed E-state index contributed by atoms with van der Waals surface area (Å²) in [7, 11) is 0. The Labute approximate surface area is 160 Å². The summed E-state index contributed by atoms with van der Waals surface area (Å²) in [5.74, 6) is -0.170. The molecule has 1 N–H and O–H groups in total. The van der Waals surface area contributed by atoms with E-state index in [2.05, 4.69) is 16.4 Å². The van der Waals surface area contributed by atoms with Gasteiger partial charge in [-0.05, 0) is 31.2 Å². The van der Waals surface area contributed by atoms with E-state index in [1.54, 1.807) is 6.92 Å². The molecule has 1 fully saturated rings. The molecule has 1 amide bonds. The summed E-state index contributed by atoms with van der Waals surface area (Å²) < 4.78 is 1.31. The van der Waals surface area contributed by atoms with Crippen LogP contribution in [0.4, 0.5) is 0 Å². The number of thiophene rings is 1. The van der Waals surface area contributed by atoms with Crippen LogP contribution in [-0.4, -0.2) is 21.0 Å². The summed E-state index contributed by atoms with van der Waals surface area (Å²) in [5, 5.41) is 14.6. The first-order chi connectivity index (χ1) is 13.0. The van der Waals surface area contributed by atoms with Crippen LogP contribution in [0.2, 0.25) is 0 Å². The monoisotopic (exact) mass is 378 g/mol. The van der Waals surface area contributed by atoms with Crippen molar-refractivity contribution in [1.29, 1.82) is 5.26 Å². The van der Waals surface area contributed by atoms with Crippen molar-refractivity contribution in [3.63, 3.8) is 0 Å². The Bertz CT molecular complexity index is 1110. The molecular weight excluding hydrogens is 360 g/mol. The second kappa shape index (κ2) is 6.63. The molecule has 0 radical (unpaired) electrons. The van der Waals surface area contributed by atoms with Gasteiger partial charge in [0.25, 0.3) is 5.56 Å². The molecule has 2 aromatic heterocycles. The summed E-state index contributed by atoms with van der Waals surface area (Å²) in [4.78, 5) is 30.4. The van der Waals surface area contributed by atoms with Crippen molar-refractivity contribution in [3.05, 3.63) is 52.4 Å². The van der Waals surface area contributed by atoms with Gasteiger partial charge in [-0.25, -0.2) is 4.98 Å². The van der Waals surface area contributed by atoms with Crippen molar-refractivity contribution in [2.75, 3.05) is 0 Å². The van der Waals surface area contributed by atoms with Crippen molar-refractivity contribution in [1.82, 2.24) is 14.9 Å². The van der Waals surface area contributed by atoms with Gasteiger partial charge in [0.05, 0.1) is 17.8 Å². The summed E-state index contributed by atoms with van der Waals surface area (Å²) >= 11 is 1.41. The summed E-state index contributed by atoms with van der Waals surface area (Å²) in [6, 6.07) is 11.8. The Kier molecular flexibility index (Phi) is 4.28. The Hall–Kier alpha value is -2.98. The highest BCUT2D eigenvalue weighted by atomic mass is 32.1. The average Bonchev–Trinajstić information content (AvgIpc) is 3.45. The van der Waals surface area contributed by atoms with Gasteiger partial charge in [0.1, 0.15) is 16.9 Å². The van der Waals surface area contributed by atoms with E-state index in [0.717, 1.165) is 24.0 Å². The zero-order valence-corrected chi connectivity index (χ0v) is 15.6. The summed E-state index contributed by atoms with van der Waals surface area (Å²) in [6.45, 7) is 1.58. The maximum Gasteiger partial charge on any atom is 0.263 e. The van der Waals surface area contributed by atoms with E-state index >= 15 is 0 Å². The number of amides is 1. The fourth-order valence-corrected chi connectivity index (χ4v) is 4.18. The lowest BCUT2D eigenvalue weighted by Gasteiger charge is -2.23. The van der Waals surface area contributed by atoms with Crippen molar-refractivity contribution in [2.24, 2.45) is 5.92 Å². The number of nitriles is 1. The average molecular weight is 378 g/mol. The fraction of sp³-hybridized carbons (Fsp3) is 0.300. The van der Waals surface area contributed by atoms with Crippen LogP contribution < -0.4 is 10.9 Å². The van der Waals surface area contributed by atoms with Gasteiger partial charge in [0.15, 0.2) is 0 Å². The minimum Gasteiger partial charge on any atom is -0.336 e. The van der Waals surface area contributed by atoms with Crippen LogP contribution in [0.3, 0.4) is 0 Å². The van der Waals surface area contributed by atoms with Gasteiger partial charge in [-0.2, -0.15) is 5.26 Å². The standard InChI is InChI=1S/C20H18N4O2S/c1-20(11-21,14-7-8-14)23-16(25)9-24-12-22-18-17(19(24)26)15(10-27-18)13-5-3-2-4-6-13/h2-6,10,12,14H,7-9H2,1H3,(H,23,25)/t20-/m1/s1. The molecule has 27 heavy (non-hydrogen) atoms. The molecule has 3 aromatic rings. The highest BCUT2D eigenvalue weighted by Crippen LogP contribution is 2.39. The molecule has 1 aliphatic carbocycles. The van der Waals surface area contributed by atoms with E-state index in [0.29, 0.717) is 10.2 Å². The third-order valence-electron chi connectivity index (χ3n) is 4.98. The van der Waals surface area contributed by atoms with Crippen LogP contribution >= 0.6 is 11.3 Å².